The Bertz CT molecular complexity index is 1070. The zero-order valence-corrected chi connectivity index (χ0v) is 19.3. The van der Waals surface area contributed by atoms with E-state index in [-0.39, 0.29) is 5.92 Å². The first kappa shape index (κ1) is 20.6. The summed E-state index contributed by atoms with van der Waals surface area (Å²) in [7, 11) is 0. The molecule has 7 heteroatoms. The molecular weight excluding hydrogens is 428 g/mol. The number of thiazole rings is 1. The van der Waals surface area contributed by atoms with Gasteiger partial charge in [0.05, 0.1) is 16.1 Å². The number of hydrogen-bond donors (Lipinski definition) is 0. The van der Waals surface area contributed by atoms with Crippen LogP contribution in [0.25, 0.3) is 10.2 Å². The number of piperazine rings is 1. The fourth-order valence-electron chi connectivity index (χ4n) is 4.60. The van der Waals surface area contributed by atoms with Crippen molar-refractivity contribution in [2.24, 2.45) is 5.92 Å². The van der Waals surface area contributed by atoms with Gasteiger partial charge in [-0.2, -0.15) is 0 Å². The van der Waals surface area contributed by atoms with Gasteiger partial charge in [0, 0.05) is 50.0 Å². The van der Waals surface area contributed by atoms with E-state index in [4.69, 9.17) is 16.6 Å². The Kier molecular flexibility index (Phi) is 5.76. The molecule has 0 N–H and O–H groups in total. The van der Waals surface area contributed by atoms with Gasteiger partial charge in [0.15, 0.2) is 5.13 Å². The highest BCUT2D eigenvalue weighted by Gasteiger charge is 2.32. The molecule has 2 saturated heterocycles. The number of carbonyl (C=O) groups is 1. The van der Waals surface area contributed by atoms with Gasteiger partial charge >= 0.3 is 0 Å². The number of aromatic nitrogens is 1. The lowest BCUT2D eigenvalue weighted by Crippen LogP contribution is -2.52. The van der Waals surface area contributed by atoms with Crippen molar-refractivity contribution in [2.75, 3.05) is 49.1 Å². The summed E-state index contributed by atoms with van der Waals surface area (Å²) in [5, 5.41) is 1.80. The lowest BCUT2D eigenvalue weighted by atomic mass is 9.96. The molecule has 2 fully saturated rings. The molecule has 0 aliphatic carbocycles. The maximum atomic E-state index is 13.3. The number of anilines is 2. The third-order valence-electron chi connectivity index (χ3n) is 6.36. The average molecular weight is 455 g/mol. The Hall–Kier alpha value is -2.31. The van der Waals surface area contributed by atoms with Crippen LogP contribution in [-0.4, -0.2) is 55.1 Å². The molecular formula is C24H27ClN4OS. The quantitative estimate of drug-likeness (QED) is 0.568. The predicted molar refractivity (Wildman–Crippen MR) is 130 cm³/mol. The molecule has 0 radical (unpaired) electrons. The van der Waals surface area contributed by atoms with E-state index in [9.17, 15) is 4.79 Å². The van der Waals surface area contributed by atoms with Crippen LogP contribution in [0.2, 0.25) is 5.02 Å². The standard InChI is InChI=1S/C24H27ClN4OS/c1-17-4-9-21-22(15-17)31-24(26-21)29-10-2-3-18(16-29)23(30)28-13-11-27(12-14-28)20-7-5-19(25)6-8-20/h4-9,15,18H,2-3,10-14,16H2,1H3. The van der Waals surface area contributed by atoms with Gasteiger partial charge in [0.2, 0.25) is 5.91 Å². The molecule has 0 bridgehead atoms. The summed E-state index contributed by atoms with van der Waals surface area (Å²) in [6.45, 7) is 7.14. The van der Waals surface area contributed by atoms with Gasteiger partial charge in [0.25, 0.3) is 0 Å². The van der Waals surface area contributed by atoms with Crippen LogP contribution in [-0.2, 0) is 4.79 Å². The van der Waals surface area contributed by atoms with E-state index < -0.39 is 0 Å². The number of benzene rings is 2. The Morgan fingerprint density at radius 3 is 2.58 bits per heavy atom. The van der Waals surface area contributed by atoms with Crippen molar-refractivity contribution in [2.45, 2.75) is 19.8 Å². The number of rotatable bonds is 3. The second-order valence-electron chi connectivity index (χ2n) is 8.54. The predicted octanol–water partition coefficient (Wildman–Crippen LogP) is 4.82. The van der Waals surface area contributed by atoms with Crippen LogP contribution < -0.4 is 9.80 Å². The van der Waals surface area contributed by atoms with E-state index >= 15 is 0 Å². The van der Waals surface area contributed by atoms with Crippen molar-refractivity contribution in [3.63, 3.8) is 0 Å². The van der Waals surface area contributed by atoms with Crippen molar-refractivity contribution < 1.29 is 4.79 Å². The number of fused-ring (bicyclic) bond motifs is 1. The molecule has 2 aliphatic rings. The highest BCUT2D eigenvalue weighted by Crippen LogP contribution is 2.32. The number of amides is 1. The van der Waals surface area contributed by atoms with Crippen LogP contribution in [0.4, 0.5) is 10.8 Å². The maximum Gasteiger partial charge on any atom is 0.227 e. The molecule has 0 saturated carbocycles. The van der Waals surface area contributed by atoms with Crippen molar-refractivity contribution in [3.8, 4) is 0 Å². The highest BCUT2D eigenvalue weighted by atomic mass is 35.5. The normalized spacial score (nSPS) is 19.8. The van der Waals surface area contributed by atoms with Gasteiger partial charge in [0.1, 0.15) is 0 Å². The number of piperidine rings is 1. The Morgan fingerprint density at radius 1 is 1.03 bits per heavy atom. The number of halogens is 1. The molecule has 1 atom stereocenters. The third kappa shape index (κ3) is 4.37. The summed E-state index contributed by atoms with van der Waals surface area (Å²) >= 11 is 7.75. The molecule has 2 aliphatic heterocycles. The minimum Gasteiger partial charge on any atom is -0.368 e. The van der Waals surface area contributed by atoms with Crippen LogP contribution in [0, 0.1) is 12.8 Å². The Morgan fingerprint density at radius 2 is 1.81 bits per heavy atom. The van der Waals surface area contributed by atoms with Gasteiger partial charge in [-0.25, -0.2) is 4.98 Å². The van der Waals surface area contributed by atoms with Gasteiger partial charge in [-0.1, -0.05) is 29.0 Å². The van der Waals surface area contributed by atoms with Crippen molar-refractivity contribution in [1.82, 2.24) is 9.88 Å². The fraction of sp³-hybridized carbons (Fsp3) is 0.417. The Labute approximate surface area is 192 Å². The SMILES string of the molecule is Cc1ccc2nc(N3CCCC(C(=O)N4CCN(c5ccc(Cl)cc5)CC4)C3)sc2c1. The van der Waals surface area contributed by atoms with E-state index in [1.165, 1.54) is 16.0 Å². The van der Waals surface area contributed by atoms with E-state index in [2.05, 4.69) is 52.0 Å². The highest BCUT2D eigenvalue weighted by molar-refractivity contribution is 7.22. The fourth-order valence-corrected chi connectivity index (χ4v) is 5.83. The third-order valence-corrected chi connectivity index (χ3v) is 7.69. The molecule has 0 spiro atoms. The number of hydrogen-bond acceptors (Lipinski definition) is 5. The summed E-state index contributed by atoms with van der Waals surface area (Å²) in [6.07, 6.45) is 2.01. The molecule has 31 heavy (non-hydrogen) atoms. The van der Waals surface area contributed by atoms with E-state index in [0.717, 1.165) is 67.8 Å². The van der Waals surface area contributed by atoms with Crippen molar-refractivity contribution in [1.29, 1.82) is 0 Å². The van der Waals surface area contributed by atoms with E-state index in [0.29, 0.717) is 5.91 Å². The molecule has 162 valence electrons. The van der Waals surface area contributed by atoms with Crippen molar-refractivity contribution in [3.05, 3.63) is 53.1 Å². The molecule has 1 unspecified atom stereocenters. The molecule has 1 amide bonds. The number of nitrogens with zero attached hydrogens (tertiary/aromatic N) is 4. The minimum atomic E-state index is 0.0598. The molecule has 3 heterocycles. The maximum absolute atomic E-state index is 13.3. The topological polar surface area (TPSA) is 39.7 Å². The second-order valence-corrected chi connectivity index (χ2v) is 9.99. The molecule has 2 aromatic carbocycles. The summed E-state index contributed by atoms with van der Waals surface area (Å²) in [6, 6.07) is 14.4. The van der Waals surface area contributed by atoms with E-state index in [1.54, 1.807) is 11.3 Å². The summed E-state index contributed by atoms with van der Waals surface area (Å²) in [5.41, 5.74) is 3.48. The monoisotopic (exact) mass is 454 g/mol. The van der Waals surface area contributed by atoms with Crippen LogP contribution in [0.3, 0.4) is 0 Å². The molecule has 5 rings (SSSR count). The number of carbonyl (C=O) groups excluding carboxylic acids is 1. The lowest BCUT2D eigenvalue weighted by Gasteiger charge is -2.39. The van der Waals surface area contributed by atoms with Crippen LogP contribution in [0.5, 0.6) is 0 Å². The average Bonchev–Trinajstić information content (AvgIpc) is 3.23. The number of aryl methyl sites for hydroxylation is 1. The first-order chi connectivity index (χ1) is 15.1. The minimum absolute atomic E-state index is 0.0598. The Balaban J connectivity index is 1.22. The van der Waals surface area contributed by atoms with Crippen molar-refractivity contribution >= 4 is 49.9 Å². The smallest absolute Gasteiger partial charge is 0.227 e. The zero-order chi connectivity index (χ0) is 21.4. The first-order valence-corrected chi connectivity index (χ1v) is 12.2. The van der Waals surface area contributed by atoms with Gasteiger partial charge < -0.3 is 14.7 Å². The molecule has 5 nitrogen and oxygen atoms in total. The van der Waals surface area contributed by atoms with Crippen LogP contribution in [0.15, 0.2) is 42.5 Å². The molecule has 3 aromatic rings. The largest absolute Gasteiger partial charge is 0.368 e. The van der Waals surface area contributed by atoms with Gasteiger partial charge in [-0.05, 0) is 61.7 Å². The van der Waals surface area contributed by atoms with Gasteiger partial charge in [-0.15, -0.1) is 0 Å². The summed E-state index contributed by atoms with van der Waals surface area (Å²) in [4.78, 5) is 24.8. The summed E-state index contributed by atoms with van der Waals surface area (Å²) in [5.74, 6) is 0.363. The van der Waals surface area contributed by atoms with Crippen LogP contribution in [0.1, 0.15) is 18.4 Å². The second kappa shape index (κ2) is 8.67. The lowest BCUT2D eigenvalue weighted by molar-refractivity contribution is -0.136. The summed E-state index contributed by atoms with van der Waals surface area (Å²) < 4.78 is 1.22. The zero-order valence-electron chi connectivity index (χ0n) is 17.8. The van der Waals surface area contributed by atoms with E-state index in [1.807, 2.05) is 12.1 Å². The molecule has 1 aromatic heterocycles. The van der Waals surface area contributed by atoms with Gasteiger partial charge in [-0.3, -0.25) is 4.79 Å². The van der Waals surface area contributed by atoms with Crippen LogP contribution >= 0.6 is 22.9 Å². The first-order valence-electron chi connectivity index (χ1n) is 11.0.